The fraction of sp³-hybridized carbons (Fsp3) is 0.500. The highest BCUT2D eigenvalue weighted by Gasteiger charge is 2.29. The maximum atomic E-state index is 12.3. The van der Waals surface area contributed by atoms with Gasteiger partial charge in [-0.3, -0.25) is 4.90 Å². The molecule has 2 rings (SSSR count). The fourth-order valence-electron chi connectivity index (χ4n) is 2.52. The van der Waals surface area contributed by atoms with E-state index < -0.39 is 12.0 Å². The molecule has 0 bridgehead atoms. The summed E-state index contributed by atoms with van der Waals surface area (Å²) in [5.74, 6) is 0.311. The predicted molar refractivity (Wildman–Crippen MR) is 87.1 cm³/mol. The molecule has 0 spiro atoms. The summed E-state index contributed by atoms with van der Waals surface area (Å²) in [4.78, 5) is 14.1. The number of benzene rings is 1. The number of hydrogen-bond acceptors (Lipinski definition) is 7. The van der Waals surface area contributed by atoms with E-state index >= 15 is 0 Å². The van der Waals surface area contributed by atoms with Crippen LogP contribution in [0.25, 0.3) is 0 Å². The number of aromatic hydroxyl groups is 1. The first-order valence-electron chi connectivity index (χ1n) is 7.58. The maximum absolute atomic E-state index is 12.3. The molecule has 1 heterocycles. The smallest absolute Gasteiger partial charge is 0.327 e. The number of carbonyl (C=O) groups excluding carboxylic acids is 1. The number of nitrogens with zero attached hydrogens (tertiary/aromatic N) is 5. The zero-order chi connectivity index (χ0) is 17.9. The SMILES string of the molecule is COC(=O)[C@H](c1cccc(O)c1)N(C)Cc1nnnn1C(C)(C)C. The summed E-state index contributed by atoms with van der Waals surface area (Å²) in [7, 11) is 3.12. The third kappa shape index (κ3) is 3.88. The van der Waals surface area contributed by atoms with E-state index in [0.717, 1.165) is 0 Å². The minimum absolute atomic E-state index is 0.0920. The van der Waals surface area contributed by atoms with Gasteiger partial charge in [0.2, 0.25) is 0 Å². The van der Waals surface area contributed by atoms with Gasteiger partial charge in [0.05, 0.1) is 19.2 Å². The fourth-order valence-corrected chi connectivity index (χ4v) is 2.52. The van der Waals surface area contributed by atoms with Crippen LogP contribution >= 0.6 is 0 Å². The first-order valence-corrected chi connectivity index (χ1v) is 7.58. The first-order chi connectivity index (χ1) is 11.2. The van der Waals surface area contributed by atoms with E-state index in [1.807, 2.05) is 20.8 Å². The van der Waals surface area contributed by atoms with Crippen molar-refractivity contribution in [2.24, 2.45) is 0 Å². The number of aromatic nitrogens is 4. The Bertz CT molecular complexity index is 708. The predicted octanol–water partition coefficient (Wildman–Crippen LogP) is 1.48. The van der Waals surface area contributed by atoms with Gasteiger partial charge in [0, 0.05) is 0 Å². The van der Waals surface area contributed by atoms with Crippen LogP contribution in [-0.2, 0) is 21.6 Å². The Kier molecular flexibility index (Phi) is 5.18. The number of tetrazole rings is 1. The van der Waals surface area contributed by atoms with Crippen LogP contribution in [0.1, 0.15) is 38.2 Å². The van der Waals surface area contributed by atoms with Gasteiger partial charge < -0.3 is 9.84 Å². The van der Waals surface area contributed by atoms with Crippen LogP contribution in [0.15, 0.2) is 24.3 Å². The molecule has 8 heteroatoms. The summed E-state index contributed by atoms with van der Waals surface area (Å²) in [5.41, 5.74) is 0.366. The molecule has 2 aromatic rings. The van der Waals surface area contributed by atoms with Crippen LogP contribution in [0.4, 0.5) is 0 Å². The average Bonchev–Trinajstić information content (AvgIpc) is 2.95. The van der Waals surface area contributed by atoms with E-state index in [1.165, 1.54) is 7.11 Å². The van der Waals surface area contributed by atoms with Crippen LogP contribution in [-0.4, -0.2) is 50.3 Å². The Morgan fingerprint density at radius 3 is 2.71 bits per heavy atom. The van der Waals surface area contributed by atoms with Gasteiger partial charge >= 0.3 is 5.97 Å². The molecule has 0 saturated heterocycles. The minimum Gasteiger partial charge on any atom is -0.508 e. The largest absolute Gasteiger partial charge is 0.508 e. The van der Waals surface area contributed by atoms with E-state index in [4.69, 9.17) is 4.74 Å². The van der Waals surface area contributed by atoms with Gasteiger partial charge in [0.1, 0.15) is 11.8 Å². The molecule has 0 amide bonds. The van der Waals surface area contributed by atoms with Crippen LogP contribution in [0.3, 0.4) is 0 Å². The van der Waals surface area contributed by atoms with Gasteiger partial charge in [0.25, 0.3) is 0 Å². The lowest BCUT2D eigenvalue weighted by Gasteiger charge is -2.27. The summed E-state index contributed by atoms with van der Waals surface area (Å²) >= 11 is 0. The van der Waals surface area contributed by atoms with Gasteiger partial charge in [0.15, 0.2) is 5.82 Å². The zero-order valence-corrected chi connectivity index (χ0v) is 14.6. The number of hydrogen-bond donors (Lipinski definition) is 1. The molecule has 0 radical (unpaired) electrons. The summed E-state index contributed by atoms with van der Waals surface area (Å²) in [6.07, 6.45) is 0. The molecule has 0 aliphatic rings. The summed E-state index contributed by atoms with van der Waals surface area (Å²) in [6, 6.07) is 5.88. The van der Waals surface area contributed by atoms with Crippen molar-refractivity contribution in [2.75, 3.05) is 14.2 Å². The van der Waals surface area contributed by atoms with Gasteiger partial charge in [-0.2, -0.15) is 0 Å². The van der Waals surface area contributed by atoms with Crippen molar-refractivity contribution in [3.63, 3.8) is 0 Å². The maximum Gasteiger partial charge on any atom is 0.327 e. The highest BCUT2D eigenvalue weighted by atomic mass is 16.5. The summed E-state index contributed by atoms with van der Waals surface area (Å²) < 4.78 is 6.65. The molecular weight excluding hydrogens is 310 g/mol. The number of rotatable bonds is 5. The van der Waals surface area contributed by atoms with Crippen molar-refractivity contribution in [1.82, 2.24) is 25.1 Å². The lowest BCUT2D eigenvalue weighted by Crippen LogP contribution is -2.34. The summed E-state index contributed by atoms with van der Waals surface area (Å²) in [6.45, 7) is 6.35. The second-order valence-electron chi connectivity index (χ2n) is 6.61. The van der Waals surface area contributed by atoms with Gasteiger partial charge in [-0.05, 0) is 55.9 Å². The first kappa shape index (κ1) is 17.9. The highest BCUT2D eigenvalue weighted by Crippen LogP contribution is 2.26. The van der Waals surface area contributed by atoms with E-state index in [2.05, 4.69) is 15.5 Å². The minimum atomic E-state index is -0.674. The van der Waals surface area contributed by atoms with E-state index in [0.29, 0.717) is 17.9 Å². The molecule has 1 N–H and O–H groups in total. The number of carbonyl (C=O) groups is 1. The molecule has 0 aliphatic heterocycles. The van der Waals surface area contributed by atoms with Crippen LogP contribution in [0.5, 0.6) is 5.75 Å². The Hall–Kier alpha value is -2.48. The van der Waals surface area contributed by atoms with Crippen LogP contribution in [0.2, 0.25) is 0 Å². The highest BCUT2D eigenvalue weighted by molar-refractivity contribution is 5.77. The van der Waals surface area contributed by atoms with Gasteiger partial charge in [-0.25, -0.2) is 9.48 Å². The van der Waals surface area contributed by atoms with Crippen molar-refractivity contribution in [3.05, 3.63) is 35.7 Å². The topological polar surface area (TPSA) is 93.4 Å². The number of ether oxygens (including phenoxy) is 1. The van der Waals surface area contributed by atoms with E-state index in [9.17, 15) is 9.90 Å². The quantitative estimate of drug-likeness (QED) is 0.828. The normalized spacial score (nSPS) is 13.1. The molecule has 0 unspecified atom stereocenters. The van der Waals surface area contributed by atoms with Crippen molar-refractivity contribution in [1.29, 1.82) is 0 Å². The Labute approximate surface area is 141 Å². The van der Waals surface area contributed by atoms with E-state index in [1.54, 1.807) is 40.9 Å². The Morgan fingerprint density at radius 2 is 2.12 bits per heavy atom. The molecule has 0 fully saturated rings. The Balaban J connectivity index is 2.31. The average molecular weight is 333 g/mol. The number of esters is 1. The molecule has 0 aliphatic carbocycles. The number of methoxy groups -OCH3 is 1. The third-order valence-corrected chi connectivity index (χ3v) is 3.61. The van der Waals surface area contributed by atoms with E-state index in [-0.39, 0.29) is 11.3 Å². The van der Waals surface area contributed by atoms with Crippen LogP contribution < -0.4 is 0 Å². The van der Waals surface area contributed by atoms with Crippen LogP contribution in [0, 0.1) is 0 Å². The molecule has 130 valence electrons. The molecule has 1 aromatic heterocycles. The molecule has 0 saturated carbocycles. The molecular formula is C16H23N5O3. The number of likely N-dealkylation sites (N-methyl/N-ethyl adjacent to an activating group) is 1. The lowest BCUT2D eigenvalue weighted by molar-refractivity contribution is -0.147. The molecule has 8 nitrogen and oxygen atoms in total. The molecule has 24 heavy (non-hydrogen) atoms. The van der Waals surface area contributed by atoms with Crippen molar-refractivity contribution >= 4 is 5.97 Å². The lowest BCUT2D eigenvalue weighted by atomic mass is 10.1. The number of phenols is 1. The third-order valence-electron chi connectivity index (χ3n) is 3.61. The zero-order valence-electron chi connectivity index (χ0n) is 14.6. The molecule has 1 aromatic carbocycles. The second kappa shape index (κ2) is 6.96. The second-order valence-corrected chi connectivity index (χ2v) is 6.61. The number of phenolic OH excluding ortho intramolecular Hbond substituents is 1. The Morgan fingerprint density at radius 1 is 1.42 bits per heavy atom. The summed E-state index contributed by atoms with van der Waals surface area (Å²) in [5, 5.41) is 21.5. The van der Waals surface area contributed by atoms with Gasteiger partial charge in [-0.15, -0.1) is 5.10 Å². The monoisotopic (exact) mass is 333 g/mol. The van der Waals surface area contributed by atoms with Crippen molar-refractivity contribution < 1.29 is 14.6 Å². The standard InChI is InChI=1S/C16H23N5O3/c1-16(2,3)21-13(17-18-19-21)10-20(4)14(15(23)24-5)11-7-6-8-12(22)9-11/h6-9,14,22H,10H2,1-5H3/t14-/m0/s1. The van der Waals surface area contributed by atoms with Gasteiger partial charge in [-0.1, -0.05) is 12.1 Å². The van der Waals surface area contributed by atoms with Crippen molar-refractivity contribution in [2.45, 2.75) is 38.9 Å². The molecule has 1 atom stereocenters. The van der Waals surface area contributed by atoms with Crippen molar-refractivity contribution in [3.8, 4) is 5.75 Å².